The second-order valence-corrected chi connectivity index (χ2v) is 20.7. The van der Waals surface area contributed by atoms with Gasteiger partial charge in [-0.1, -0.05) is 136 Å². The molecule has 0 aliphatic rings. The van der Waals surface area contributed by atoms with Gasteiger partial charge < -0.3 is 0 Å². The van der Waals surface area contributed by atoms with Crippen LogP contribution in [0.15, 0.2) is 60.7 Å². The van der Waals surface area contributed by atoms with Gasteiger partial charge in [-0.3, -0.25) is 0 Å². The van der Waals surface area contributed by atoms with Crippen molar-refractivity contribution in [3.63, 3.8) is 0 Å². The van der Waals surface area contributed by atoms with Gasteiger partial charge in [-0.05, 0) is 0 Å². The van der Waals surface area contributed by atoms with E-state index in [-0.39, 0.29) is 0 Å². The van der Waals surface area contributed by atoms with Crippen LogP contribution in [0.4, 0.5) is 0 Å². The lowest BCUT2D eigenvalue weighted by Gasteiger charge is -2.49. The smallest absolute Gasteiger partial charge is 0.0677 e. The Bertz CT molecular complexity index is 540. The second-order valence-electron chi connectivity index (χ2n) is 7.10. The molecule has 0 N–H and O–H groups in total. The second kappa shape index (κ2) is 8.82. The molecule has 2 unspecified atom stereocenters. The molecular formula is C22H34Si2. The Morgan fingerprint density at radius 2 is 0.875 bits per heavy atom. The fourth-order valence-electron chi connectivity index (χ4n) is 5.13. The van der Waals surface area contributed by atoms with Crippen molar-refractivity contribution < 1.29 is 0 Å². The Kier molecular flexibility index (Phi) is 7.06. The van der Waals surface area contributed by atoms with E-state index in [1.165, 1.54) is 37.0 Å². The van der Waals surface area contributed by atoms with Gasteiger partial charge in [0.05, 0.1) is 15.2 Å². The molecule has 0 aromatic heterocycles. The van der Waals surface area contributed by atoms with Crippen LogP contribution < -0.4 is 10.4 Å². The summed E-state index contributed by atoms with van der Waals surface area (Å²) in [5.41, 5.74) is 0. The summed E-state index contributed by atoms with van der Waals surface area (Å²) in [5.74, 6) is 0. The number of rotatable bonds is 9. The number of hydrogen-bond donors (Lipinski definition) is 0. The van der Waals surface area contributed by atoms with Crippen LogP contribution >= 0.6 is 0 Å². The first-order valence-corrected chi connectivity index (χ1v) is 15.6. The van der Waals surface area contributed by atoms with Crippen LogP contribution in [0.1, 0.15) is 40.5 Å². The quantitative estimate of drug-likeness (QED) is 0.511. The lowest BCUT2D eigenvalue weighted by molar-refractivity contribution is 1.02. The van der Waals surface area contributed by atoms with E-state index < -0.39 is 15.2 Å². The first-order valence-electron chi connectivity index (χ1n) is 9.81. The SMILES string of the molecule is CCC[Si](CC)(c1ccccc1)[Si](CC)(CCC)c1ccccc1. The molecule has 0 saturated heterocycles. The summed E-state index contributed by atoms with van der Waals surface area (Å²) >= 11 is 0. The maximum Gasteiger partial charge on any atom is 0.0853 e. The van der Waals surface area contributed by atoms with Crippen molar-refractivity contribution in [3.05, 3.63) is 60.7 Å². The Labute approximate surface area is 151 Å². The summed E-state index contributed by atoms with van der Waals surface area (Å²) in [6, 6.07) is 29.0. The zero-order valence-corrected chi connectivity index (χ0v) is 18.0. The predicted octanol–water partition coefficient (Wildman–Crippen LogP) is 5.64. The number of hydrogen-bond acceptors (Lipinski definition) is 0. The maximum absolute atomic E-state index is 2.49. The van der Waals surface area contributed by atoms with Gasteiger partial charge in [0.1, 0.15) is 0 Å². The highest BCUT2D eigenvalue weighted by Gasteiger charge is 2.53. The minimum atomic E-state index is -1.55. The summed E-state index contributed by atoms with van der Waals surface area (Å²) in [5, 5.41) is 3.44. The summed E-state index contributed by atoms with van der Waals surface area (Å²) in [6.45, 7) is 9.77. The molecule has 2 aromatic carbocycles. The van der Waals surface area contributed by atoms with Gasteiger partial charge in [0.25, 0.3) is 0 Å². The zero-order chi connectivity index (χ0) is 17.5. The van der Waals surface area contributed by atoms with Crippen LogP contribution in [0.25, 0.3) is 0 Å². The van der Waals surface area contributed by atoms with Gasteiger partial charge in [0.2, 0.25) is 0 Å². The molecule has 0 radical (unpaired) electrons. The molecule has 24 heavy (non-hydrogen) atoms. The third kappa shape index (κ3) is 3.31. The highest BCUT2D eigenvalue weighted by molar-refractivity contribution is 7.51. The van der Waals surface area contributed by atoms with Crippen molar-refractivity contribution in [2.75, 3.05) is 0 Å². The highest BCUT2D eigenvalue weighted by Crippen LogP contribution is 2.35. The highest BCUT2D eigenvalue weighted by atomic mass is 29.3. The fraction of sp³-hybridized carbons (Fsp3) is 0.455. The lowest BCUT2D eigenvalue weighted by atomic mass is 10.4. The monoisotopic (exact) mass is 354 g/mol. The van der Waals surface area contributed by atoms with Crippen molar-refractivity contribution in [2.24, 2.45) is 0 Å². The average Bonchev–Trinajstić information content (AvgIpc) is 2.66. The molecule has 0 nitrogen and oxygen atoms in total. The first kappa shape index (κ1) is 19.2. The van der Waals surface area contributed by atoms with E-state index in [9.17, 15) is 0 Å². The standard InChI is InChI=1S/C22H34Si2/c1-5-19-23(7-3,21-15-11-9-12-16-21)24(8-4,20-6-2)22-17-13-10-14-18-22/h9-18H,5-8,19-20H2,1-4H3. The van der Waals surface area contributed by atoms with Crippen LogP contribution in [0.5, 0.6) is 0 Å². The van der Waals surface area contributed by atoms with E-state index in [0.717, 1.165) is 0 Å². The van der Waals surface area contributed by atoms with Gasteiger partial charge >= 0.3 is 0 Å². The predicted molar refractivity (Wildman–Crippen MR) is 115 cm³/mol. The molecule has 130 valence electrons. The van der Waals surface area contributed by atoms with Crippen molar-refractivity contribution in [3.8, 4) is 0 Å². The Morgan fingerprint density at radius 3 is 1.12 bits per heavy atom. The topological polar surface area (TPSA) is 0 Å². The molecule has 0 bridgehead atoms. The van der Waals surface area contributed by atoms with Crippen LogP contribution in [-0.4, -0.2) is 15.2 Å². The lowest BCUT2D eigenvalue weighted by Crippen LogP contribution is -2.74. The minimum Gasteiger partial charge on any atom is -0.0677 e. The molecule has 0 amide bonds. The first-order chi connectivity index (χ1) is 11.7. The Hall–Kier alpha value is -1.13. The number of benzene rings is 2. The van der Waals surface area contributed by atoms with Gasteiger partial charge in [0, 0.05) is 0 Å². The van der Waals surface area contributed by atoms with Gasteiger partial charge in [-0.2, -0.15) is 0 Å². The van der Waals surface area contributed by atoms with Gasteiger partial charge in [-0.15, -0.1) is 0 Å². The summed E-state index contributed by atoms with van der Waals surface area (Å²) in [4.78, 5) is 0. The third-order valence-electron chi connectivity index (χ3n) is 6.13. The van der Waals surface area contributed by atoms with Crippen LogP contribution in [0, 0.1) is 0 Å². The molecule has 2 rings (SSSR count). The van der Waals surface area contributed by atoms with Crippen molar-refractivity contribution in [1.29, 1.82) is 0 Å². The third-order valence-corrected chi connectivity index (χ3v) is 26.8. The van der Waals surface area contributed by atoms with Crippen molar-refractivity contribution in [2.45, 2.75) is 64.7 Å². The molecule has 0 aliphatic heterocycles. The van der Waals surface area contributed by atoms with E-state index in [4.69, 9.17) is 0 Å². The summed E-state index contributed by atoms with van der Waals surface area (Å²) < 4.78 is 0. The van der Waals surface area contributed by atoms with E-state index in [2.05, 4.69) is 88.4 Å². The molecule has 0 saturated carbocycles. The molecule has 0 aliphatic carbocycles. The molecule has 0 heterocycles. The molecule has 2 aromatic rings. The maximum atomic E-state index is 2.49. The minimum absolute atomic E-state index is 1.32. The van der Waals surface area contributed by atoms with Crippen LogP contribution in [0.3, 0.4) is 0 Å². The Morgan fingerprint density at radius 1 is 0.542 bits per heavy atom. The molecular weight excluding hydrogens is 320 g/mol. The zero-order valence-electron chi connectivity index (χ0n) is 16.0. The van der Waals surface area contributed by atoms with Crippen molar-refractivity contribution >= 4 is 25.6 Å². The normalized spacial score (nSPS) is 16.3. The van der Waals surface area contributed by atoms with E-state index in [1.54, 1.807) is 10.4 Å². The summed E-state index contributed by atoms with van der Waals surface area (Å²) in [6.07, 6.45) is 2.64. The van der Waals surface area contributed by atoms with E-state index in [0.29, 0.717) is 0 Å². The van der Waals surface area contributed by atoms with Crippen molar-refractivity contribution in [1.82, 2.24) is 0 Å². The largest absolute Gasteiger partial charge is 0.0853 e. The fourth-order valence-corrected chi connectivity index (χ4v) is 26.8. The van der Waals surface area contributed by atoms with Gasteiger partial charge in [0.15, 0.2) is 0 Å². The Balaban J connectivity index is 2.74. The molecule has 0 fully saturated rings. The average molecular weight is 355 g/mol. The van der Waals surface area contributed by atoms with Crippen LogP contribution in [-0.2, 0) is 0 Å². The van der Waals surface area contributed by atoms with Gasteiger partial charge in [-0.25, -0.2) is 0 Å². The van der Waals surface area contributed by atoms with E-state index >= 15 is 0 Å². The van der Waals surface area contributed by atoms with E-state index in [1.807, 2.05) is 0 Å². The van der Waals surface area contributed by atoms with Crippen LogP contribution in [0.2, 0.25) is 24.2 Å². The summed E-state index contributed by atoms with van der Waals surface area (Å²) in [7, 11) is -3.10. The molecule has 2 atom stereocenters. The molecule has 0 spiro atoms. The molecule has 2 heteroatoms.